The van der Waals surface area contributed by atoms with Gasteiger partial charge < -0.3 is 20.1 Å². The van der Waals surface area contributed by atoms with Crippen molar-refractivity contribution in [2.24, 2.45) is 5.73 Å². The van der Waals surface area contributed by atoms with Gasteiger partial charge in [-0.15, -0.1) is 0 Å². The van der Waals surface area contributed by atoms with Crippen LogP contribution in [0.1, 0.15) is 142 Å². The Kier molecular flexibility index (Phi) is 38.3. The van der Waals surface area contributed by atoms with Crippen LogP contribution in [-0.4, -0.2) is 49.3 Å². The Balaban J connectivity index is 4.08. The number of hydrogen-bond acceptors (Lipinski definition) is 8. The molecule has 2 unspecified atom stereocenters. The van der Waals surface area contributed by atoms with Crippen LogP contribution < -0.4 is 5.73 Å². The lowest BCUT2D eigenvalue weighted by atomic mass is 10.1. The van der Waals surface area contributed by atoms with E-state index in [1.54, 1.807) is 0 Å². The zero-order chi connectivity index (χ0) is 40.3. The third-order valence-electron chi connectivity index (χ3n) is 7.98. The molecule has 0 fully saturated rings. The minimum Gasteiger partial charge on any atom is -0.462 e. The number of nitrogens with two attached hydrogens (primary N) is 1. The van der Waals surface area contributed by atoms with Crippen molar-refractivity contribution in [2.45, 2.75) is 148 Å². The molecule has 0 aliphatic carbocycles. The molecule has 0 heterocycles. The number of esters is 2. The molecule has 0 aliphatic heterocycles. The average molecular weight is 788 g/mol. The van der Waals surface area contributed by atoms with E-state index < -0.39 is 32.5 Å². The summed E-state index contributed by atoms with van der Waals surface area (Å²) in [6.07, 6.45) is 52.1. The van der Waals surface area contributed by atoms with Crippen LogP contribution in [0.2, 0.25) is 0 Å². The van der Waals surface area contributed by atoms with E-state index in [0.717, 1.165) is 109 Å². The van der Waals surface area contributed by atoms with E-state index >= 15 is 0 Å². The van der Waals surface area contributed by atoms with Gasteiger partial charge in [-0.25, -0.2) is 4.57 Å². The van der Waals surface area contributed by atoms with Crippen molar-refractivity contribution in [1.29, 1.82) is 0 Å². The van der Waals surface area contributed by atoms with E-state index in [-0.39, 0.29) is 32.6 Å². The van der Waals surface area contributed by atoms with Crippen molar-refractivity contribution in [3.63, 3.8) is 0 Å². The van der Waals surface area contributed by atoms with Crippen molar-refractivity contribution in [3.8, 4) is 0 Å². The number of carbonyl (C=O) groups is 2. The molecule has 0 aromatic carbocycles. The first-order valence-corrected chi connectivity index (χ1v) is 22.2. The predicted octanol–water partition coefficient (Wildman–Crippen LogP) is 11.8. The highest BCUT2D eigenvalue weighted by Gasteiger charge is 2.25. The average Bonchev–Trinajstić information content (AvgIpc) is 3.17. The summed E-state index contributed by atoms with van der Waals surface area (Å²) < 4.78 is 32.4. The molecule has 3 N–H and O–H groups in total. The quantitative estimate of drug-likeness (QED) is 0.0273. The second-order valence-corrected chi connectivity index (χ2v) is 14.6. The molecule has 0 radical (unpaired) electrons. The van der Waals surface area contributed by atoms with Crippen LogP contribution in [0, 0.1) is 0 Å². The second kappa shape index (κ2) is 40.6. The standard InChI is InChI=1S/C45H74NO8P/c1-3-5-7-9-10-11-12-13-14-15-16-17-18-19-20-21-22-23-24-25-26-27-28-29-30-31-32-34-36-38-45(48)54-43(42-53-55(49,50)52-40-39-46)41-51-44(47)37-35-33-8-6-4-2/h5,7,10-11,13-14,16-17,19-20,22-23,25-26,28-29,43H,3-4,6,8-9,12,15,18,21,24,27,30-42,46H2,1-2H3,(H,49,50)/b7-5-,11-10-,14-13-,17-16-,20-19-,23-22-,26-25-,29-28-. The maximum atomic E-state index is 12.5. The maximum Gasteiger partial charge on any atom is 0.472 e. The number of carbonyl (C=O) groups excluding carboxylic acids is 2. The molecule has 0 spiro atoms. The largest absolute Gasteiger partial charge is 0.472 e. The van der Waals surface area contributed by atoms with E-state index in [0.29, 0.717) is 6.42 Å². The van der Waals surface area contributed by atoms with Crippen molar-refractivity contribution in [3.05, 3.63) is 97.2 Å². The van der Waals surface area contributed by atoms with E-state index in [4.69, 9.17) is 24.3 Å². The summed E-state index contributed by atoms with van der Waals surface area (Å²) >= 11 is 0. The molecule has 0 rings (SSSR count). The van der Waals surface area contributed by atoms with Gasteiger partial charge in [-0.2, -0.15) is 0 Å². The zero-order valence-electron chi connectivity index (χ0n) is 34.1. The van der Waals surface area contributed by atoms with Crippen LogP contribution in [0.3, 0.4) is 0 Å². The zero-order valence-corrected chi connectivity index (χ0v) is 35.0. The fourth-order valence-corrected chi connectivity index (χ4v) is 5.71. The summed E-state index contributed by atoms with van der Waals surface area (Å²) in [5, 5.41) is 0. The Hall–Kier alpha value is -3.07. The lowest BCUT2D eigenvalue weighted by Gasteiger charge is -2.19. The summed E-state index contributed by atoms with van der Waals surface area (Å²) in [6, 6.07) is 0. The van der Waals surface area contributed by atoms with Gasteiger partial charge in [-0.1, -0.05) is 150 Å². The van der Waals surface area contributed by atoms with Crippen molar-refractivity contribution < 1.29 is 37.6 Å². The molecule has 0 aromatic rings. The molecular formula is C45H74NO8P. The number of allylic oxidation sites excluding steroid dienone is 16. The van der Waals surface area contributed by atoms with Crippen LogP contribution >= 0.6 is 7.82 Å². The van der Waals surface area contributed by atoms with Gasteiger partial charge >= 0.3 is 19.8 Å². The first kappa shape index (κ1) is 51.9. The summed E-state index contributed by atoms with van der Waals surface area (Å²) in [6.45, 7) is 3.45. The molecule has 0 saturated heterocycles. The molecule has 0 saturated carbocycles. The Labute approximate surface area is 334 Å². The number of phosphoric ester groups is 1. The van der Waals surface area contributed by atoms with Gasteiger partial charge in [0.15, 0.2) is 6.10 Å². The lowest BCUT2D eigenvalue weighted by Crippen LogP contribution is -2.29. The minimum atomic E-state index is -4.38. The van der Waals surface area contributed by atoms with Gasteiger partial charge in [0.05, 0.1) is 13.2 Å². The Bertz CT molecular complexity index is 1220. The smallest absolute Gasteiger partial charge is 0.462 e. The van der Waals surface area contributed by atoms with Crippen LogP contribution in [0.5, 0.6) is 0 Å². The SMILES string of the molecule is CC/C=C\C/C=C\C/C=C\C/C=C\C/C=C\C/C=C\C/C=C\C/C=C\CCCCCCC(=O)OC(COC(=O)CCCCCCC)COP(=O)(O)OCCN. The summed E-state index contributed by atoms with van der Waals surface area (Å²) in [4.78, 5) is 34.5. The lowest BCUT2D eigenvalue weighted by molar-refractivity contribution is -0.161. The van der Waals surface area contributed by atoms with Gasteiger partial charge in [0, 0.05) is 19.4 Å². The fourth-order valence-electron chi connectivity index (χ4n) is 4.94. The molecule has 10 heteroatoms. The number of phosphoric acid groups is 1. The topological polar surface area (TPSA) is 134 Å². The third kappa shape index (κ3) is 40.4. The fraction of sp³-hybridized carbons (Fsp3) is 0.600. The van der Waals surface area contributed by atoms with Crippen LogP contribution in [0.4, 0.5) is 0 Å². The number of hydrogen-bond donors (Lipinski definition) is 2. The molecule has 2 atom stereocenters. The normalized spacial score (nSPS) is 14.3. The van der Waals surface area contributed by atoms with Gasteiger partial charge in [0.1, 0.15) is 6.61 Å². The van der Waals surface area contributed by atoms with Crippen LogP contribution in [-0.2, 0) is 32.7 Å². The Morgan fingerprint density at radius 2 is 1.00 bits per heavy atom. The molecule has 55 heavy (non-hydrogen) atoms. The second-order valence-electron chi connectivity index (χ2n) is 13.1. The monoisotopic (exact) mass is 788 g/mol. The minimum absolute atomic E-state index is 0.0438. The van der Waals surface area contributed by atoms with Crippen LogP contribution in [0.25, 0.3) is 0 Å². The van der Waals surface area contributed by atoms with Crippen molar-refractivity contribution in [1.82, 2.24) is 0 Å². The predicted molar refractivity (Wildman–Crippen MR) is 228 cm³/mol. The molecule has 0 amide bonds. The highest BCUT2D eigenvalue weighted by molar-refractivity contribution is 7.47. The van der Waals surface area contributed by atoms with Crippen LogP contribution in [0.15, 0.2) is 97.2 Å². The summed E-state index contributed by atoms with van der Waals surface area (Å²) in [7, 11) is -4.38. The van der Waals surface area contributed by atoms with Gasteiger partial charge in [-0.05, 0) is 77.0 Å². The third-order valence-corrected chi connectivity index (χ3v) is 8.97. The Morgan fingerprint density at radius 3 is 1.47 bits per heavy atom. The first-order chi connectivity index (χ1) is 26.8. The number of unbranched alkanes of at least 4 members (excludes halogenated alkanes) is 8. The van der Waals surface area contributed by atoms with E-state index in [1.165, 1.54) is 0 Å². The van der Waals surface area contributed by atoms with E-state index in [2.05, 4.69) is 111 Å². The Morgan fingerprint density at radius 1 is 0.564 bits per heavy atom. The molecule has 312 valence electrons. The van der Waals surface area contributed by atoms with Gasteiger partial charge in [-0.3, -0.25) is 18.6 Å². The van der Waals surface area contributed by atoms with E-state index in [9.17, 15) is 19.0 Å². The molecule has 9 nitrogen and oxygen atoms in total. The number of ether oxygens (including phenoxy) is 2. The highest BCUT2D eigenvalue weighted by Crippen LogP contribution is 2.43. The highest BCUT2D eigenvalue weighted by atomic mass is 31.2. The van der Waals surface area contributed by atoms with E-state index in [1.807, 2.05) is 0 Å². The maximum absolute atomic E-state index is 12.5. The first-order valence-electron chi connectivity index (χ1n) is 20.7. The number of rotatable bonds is 37. The summed E-state index contributed by atoms with van der Waals surface area (Å²) in [5.74, 6) is -0.884. The van der Waals surface area contributed by atoms with Crippen molar-refractivity contribution in [2.75, 3.05) is 26.4 Å². The molecular weight excluding hydrogens is 713 g/mol. The summed E-state index contributed by atoms with van der Waals surface area (Å²) in [5.41, 5.74) is 5.31. The van der Waals surface area contributed by atoms with Gasteiger partial charge in [0.25, 0.3) is 0 Å². The van der Waals surface area contributed by atoms with Gasteiger partial charge in [0.2, 0.25) is 0 Å². The molecule has 0 aliphatic rings. The molecule has 0 bridgehead atoms. The molecule has 0 aromatic heterocycles. The van der Waals surface area contributed by atoms with Crippen molar-refractivity contribution >= 4 is 19.8 Å².